The van der Waals surface area contributed by atoms with Gasteiger partial charge in [-0.2, -0.15) is 0 Å². The van der Waals surface area contributed by atoms with Crippen LogP contribution in [-0.2, 0) is 16.2 Å². The van der Waals surface area contributed by atoms with Crippen LogP contribution in [0.1, 0.15) is 56.3 Å². The molecule has 1 aliphatic rings. The first kappa shape index (κ1) is 29.9. The molecule has 1 aliphatic heterocycles. The fourth-order valence-electron chi connectivity index (χ4n) is 5.06. The van der Waals surface area contributed by atoms with Crippen LogP contribution < -0.4 is 9.47 Å². The maximum Gasteiger partial charge on any atom is 0.295 e. The van der Waals surface area contributed by atoms with E-state index in [2.05, 4.69) is 18.7 Å². The van der Waals surface area contributed by atoms with Crippen LogP contribution in [-0.4, -0.2) is 59.4 Å². The third kappa shape index (κ3) is 7.35. The molecule has 0 aromatic heterocycles. The van der Waals surface area contributed by atoms with Gasteiger partial charge in [-0.1, -0.05) is 63.2 Å². The van der Waals surface area contributed by atoms with Gasteiger partial charge >= 0.3 is 0 Å². The Labute approximate surface area is 243 Å². The number of ketones is 1. The lowest BCUT2D eigenvalue weighted by atomic mass is 9.95. The summed E-state index contributed by atoms with van der Waals surface area (Å²) in [5, 5.41) is 11.4. The molecule has 1 amide bonds. The molecule has 0 radical (unpaired) electrons. The smallest absolute Gasteiger partial charge is 0.295 e. The van der Waals surface area contributed by atoms with Crippen molar-refractivity contribution in [3.63, 3.8) is 0 Å². The van der Waals surface area contributed by atoms with Gasteiger partial charge in [-0.15, -0.1) is 0 Å². The van der Waals surface area contributed by atoms with E-state index in [0.29, 0.717) is 48.8 Å². The Morgan fingerprint density at radius 2 is 1.61 bits per heavy atom. The third-order valence-corrected chi connectivity index (χ3v) is 7.33. The minimum absolute atomic E-state index is 0.0836. The van der Waals surface area contributed by atoms with E-state index >= 15 is 0 Å². The van der Waals surface area contributed by atoms with Gasteiger partial charge in [0.15, 0.2) is 0 Å². The molecule has 1 heterocycles. The van der Waals surface area contributed by atoms with E-state index in [9.17, 15) is 14.7 Å². The van der Waals surface area contributed by atoms with Crippen LogP contribution in [0.25, 0.3) is 5.76 Å². The topological polar surface area (TPSA) is 79.3 Å². The van der Waals surface area contributed by atoms with E-state index in [1.54, 1.807) is 29.2 Å². The summed E-state index contributed by atoms with van der Waals surface area (Å²) < 4.78 is 11.7. The number of carbonyl (C=O) groups is 2. The minimum Gasteiger partial charge on any atom is -0.507 e. The Morgan fingerprint density at radius 3 is 2.29 bits per heavy atom. The third-order valence-electron chi connectivity index (χ3n) is 7.33. The first-order valence-electron chi connectivity index (χ1n) is 14.5. The van der Waals surface area contributed by atoms with Gasteiger partial charge in [0.05, 0.1) is 18.2 Å². The second-order valence-corrected chi connectivity index (χ2v) is 10.1. The number of hydrogen-bond donors (Lipinski definition) is 1. The number of nitrogens with zero attached hydrogens (tertiary/aromatic N) is 2. The number of carbonyl (C=O) groups excluding carboxylic acids is 2. The van der Waals surface area contributed by atoms with Crippen molar-refractivity contribution < 1.29 is 24.2 Å². The zero-order valence-electron chi connectivity index (χ0n) is 24.2. The molecule has 1 atom stereocenters. The van der Waals surface area contributed by atoms with Crippen LogP contribution in [0.15, 0.2) is 84.4 Å². The van der Waals surface area contributed by atoms with Gasteiger partial charge in [-0.05, 0) is 80.0 Å². The highest BCUT2D eigenvalue weighted by Crippen LogP contribution is 2.40. The van der Waals surface area contributed by atoms with Crippen molar-refractivity contribution in [2.24, 2.45) is 0 Å². The largest absolute Gasteiger partial charge is 0.507 e. The van der Waals surface area contributed by atoms with Gasteiger partial charge in [-0.25, -0.2) is 0 Å². The maximum absolute atomic E-state index is 13.5. The van der Waals surface area contributed by atoms with Crippen LogP contribution in [0.2, 0.25) is 0 Å². The van der Waals surface area contributed by atoms with Crippen LogP contribution in [0.3, 0.4) is 0 Å². The molecule has 7 heteroatoms. The SMILES string of the molecule is CCCOc1ccc(/C(O)=C2\C(=O)C(=O)N(CCCN(CC)CC)C2c2cccc(OCc3ccccc3)c2)cc1. The highest BCUT2D eigenvalue weighted by molar-refractivity contribution is 6.46. The second-order valence-electron chi connectivity index (χ2n) is 10.1. The number of aliphatic hydroxyl groups excluding tert-OH is 1. The summed E-state index contributed by atoms with van der Waals surface area (Å²) in [7, 11) is 0. The number of hydrogen-bond acceptors (Lipinski definition) is 6. The summed E-state index contributed by atoms with van der Waals surface area (Å²) in [6.07, 6.45) is 1.59. The molecule has 4 rings (SSSR count). The molecule has 1 unspecified atom stereocenters. The fraction of sp³-hybridized carbons (Fsp3) is 0.353. The molecule has 41 heavy (non-hydrogen) atoms. The zero-order chi connectivity index (χ0) is 29.2. The molecular formula is C34H40N2O5. The first-order valence-corrected chi connectivity index (χ1v) is 14.5. The summed E-state index contributed by atoms with van der Waals surface area (Å²) in [5.41, 5.74) is 2.28. The van der Waals surface area contributed by atoms with Crippen molar-refractivity contribution in [1.82, 2.24) is 9.80 Å². The lowest BCUT2D eigenvalue weighted by Crippen LogP contribution is -2.33. The number of benzene rings is 3. The van der Waals surface area contributed by atoms with Crippen molar-refractivity contribution in [3.05, 3.63) is 101 Å². The van der Waals surface area contributed by atoms with Gasteiger partial charge in [0, 0.05) is 12.1 Å². The number of amides is 1. The summed E-state index contributed by atoms with van der Waals surface area (Å²) in [6.45, 7) is 10.2. The Balaban J connectivity index is 1.68. The molecule has 1 saturated heterocycles. The number of aliphatic hydroxyl groups is 1. The molecule has 216 valence electrons. The number of likely N-dealkylation sites (tertiary alicyclic amines) is 1. The average molecular weight is 557 g/mol. The summed E-state index contributed by atoms with van der Waals surface area (Å²) in [6, 6.07) is 23.5. The van der Waals surface area contributed by atoms with Crippen molar-refractivity contribution in [2.45, 2.75) is 46.3 Å². The fourth-order valence-corrected chi connectivity index (χ4v) is 5.06. The quantitative estimate of drug-likeness (QED) is 0.145. The molecule has 1 N–H and O–H groups in total. The molecule has 7 nitrogen and oxygen atoms in total. The van der Waals surface area contributed by atoms with E-state index in [4.69, 9.17) is 9.47 Å². The van der Waals surface area contributed by atoms with Crippen molar-refractivity contribution in [2.75, 3.05) is 32.8 Å². The predicted molar refractivity (Wildman–Crippen MR) is 161 cm³/mol. The number of rotatable bonds is 14. The monoisotopic (exact) mass is 556 g/mol. The lowest BCUT2D eigenvalue weighted by molar-refractivity contribution is -0.140. The highest BCUT2D eigenvalue weighted by atomic mass is 16.5. The summed E-state index contributed by atoms with van der Waals surface area (Å²) >= 11 is 0. The van der Waals surface area contributed by atoms with Gasteiger partial charge < -0.3 is 24.4 Å². The predicted octanol–water partition coefficient (Wildman–Crippen LogP) is 6.21. The number of ether oxygens (including phenoxy) is 2. The standard InChI is InChI=1S/C34H40N2O5/c1-4-22-40-28-18-16-26(17-19-28)32(37)30-31(36(34(39)33(30)38)21-11-20-35(5-2)6-3)27-14-10-15-29(23-27)41-24-25-12-8-7-9-13-25/h7-10,12-19,23,31,37H,4-6,11,20-22,24H2,1-3H3/b32-30+. The molecule has 0 saturated carbocycles. The Hall–Kier alpha value is -4.10. The Bertz CT molecular complexity index is 1330. The molecule has 0 bridgehead atoms. The molecule has 0 aliphatic carbocycles. The van der Waals surface area contributed by atoms with E-state index in [0.717, 1.165) is 31.6 Å². The molecule has 3 aromatic carbocycles. The van der Waals surface area contributed by atoms with Crippen LogP contribution >= 0.6 is 0 Å². The van der Waals surface area contributed by atoms with Crippen molar-refractivity contribution >= 4 is 17.4 Å². The Kier molecular flexibility index (Phi) is 10.6. The van der Waals surface area contributed by atoms with E-state index in [-0.39, 0.29) is 11.3 Å². The molecule has 1 fully saturated rings. The van der Waals surface area contributed by atoms with E-state index < -0.39 is 17.7 Å². The van der Waals surface area contributed by atoms with Gasteiger partial charge in [0.25, 0.3) is 11.7 Å². The van der Waals surface area contributed by atoms with Crippen molar-refractivity contribution in [1.29, 1.82) is 0 Å². The highest BCUT2D eigenvalue weighted by Gasteiger charge is 2.46. The van der Waals surface area contributed by atoms with Crippen LogP contribution in [0.4, 0.5) is 0 Å². The molecular weight excluding hydrogens is 516 g/mol. The first-order chi connectivity index (χ1) is 20.0. The Morgan fingerprint density at radius 1 is 0.878 bits per heavy atom. The summed E-state index contributed by atoms with van der Waals surface area (Å²) in [5.74, 6) is -0.179. The average Bonchev–Trinajstić information content (AvgIpc) is 3.26. The second kappa shape index (κ2) is 14.5. The van der Waals surface area contributed by atoms with E-state index in [1.807, 2.05) is 61.5 Å². The van der Waals surface area contributed by atoms with E-state index in [1.165, 1.54) is 0 Å². The maximum atomic E-state index is 13.5. The zero-order valence-corrected chi connectivity index (χ0v) is 24.2. The normalized spacial score (nSPS) is 16.4. The lowest BCUT2D eigenvalue weighted by Gasteiger charge is -2.27. The molecule has 0 spiro atoms. The summed E-state index contributed by atoms with van der Waals surface area (Å²) in [4.78, 5) is 30.7. The van der Waals surface area contributed by atoms with Gasteiger partial charge in [0.1, 0.15) is 23.9 Å². The van der Waals surface area contributed by atoms with Gasteiger partial charge in [0.2, 0.25) is 0 Å². The van der Waals surface area contributed by atoms with Crippen molar-refractivity contribution in [3.8, 4) is 11.5 Å². The minimum atomic E-state index is -0.733. The number of Topliss-reactive ketones (excluding diaryl/α,β-unsaturated/α-hetero) is 1. The van der Waals surface area contributed by atoms with Gasteiger partial charge in [-0.3, -0.25) is 9.59 Å². The van der Waals surface area contributed by atoms with Crippen LogP contribution in [0, 0.1) is 0 Å². The molecule has 3 aromatic rings. The van der Waals surface area contributed by atoms with Crippen LogP contribution in [0.5, 0.6) is 11.5 Å².